The average Bonchev–Trinajstić information content (AvgIpc) is 3.33. The van der Waals surface area contributed by atoms with E-state index in [1.54, 1.807) is 31.4 Å². The van der Waals surface area contributed by atoms with Gasteiger partial charge in [0.25, 0.3) is 5.91 Å². The van der Waals surface area contributed by atoms with E-state index in [-0.39, 0.29) is 23.8 Å². The molecule has 2 aromatic carbocycles. The van der Waals surface area contributed by atoms with Crippen LogP contribution in [0.25, 0.3) is 0 Å². The summed E-state index contributed by atoms with van der Waals surface area (Å²) in [6.45, 7) is 6.24. The van der Waals surface area contributed by atoms with Gasteiger partial charge in [0.15, 0.2) is 0 Å². The van der Waals surface area contributed by atoms with Crippen LogP contribution in [0.3, 0.4) is 0 Å². The minimum absolute atomic E-state index is 0.000233. The van der Waals surface area contributed by atoms with Crippen LogP contribution in [0.4, 0.5) is 0 Å². The van der Waals surface area contributed by atoms with Crippen LogP contribution < -0.4 is 15.4 Å². The van der Waals surface area contributed by atoms with Gasteiger partial charge >= 0.3 is 0 Å². The van der Waals surface area contributed by atoms with Crippen molar-refractivity contribution in [3.05, 3.63) is 64.7 Å². The Hall–Kier alpha value is -2.57. The molecule has 2 atom stereocenters. The number of benzene rings is 2. The minimum Gasteiger partial charge on any atom is -0.497 e. The van der Waals surface area contributed by atoms with E-state index < -0.39 is 6.04 Å². The van der Waals surface area contributed by atoms with Crippen molar-refractivity contribution in [1.82, 2.24) is 15.5 Å². The summed E-state index contributed by atoms with van der Waals surface area (Å²) in [7, 11) is 1.58. The van der Waals surface area contributed by atoms with Crippen LogP contribution in [0.1, 0.15) is 48.7 Å². The van der Waals surface area contributed by atoms with E-state index in [1.807, 2.05) is 38.1 Å². The van der Waals surface area contributed by atoms with Gasteiger partial charge in [-0.15, -0.1) is 0 Å². The predicted octanol–water partition coefficient (Wildman–Crippen LogP) is 4.06. The number of hydrogen-bond acceptors (Lipinski definition) is 4. The predicted molar refractivity (Wildman–Crippen MR) is 127 cm³/mol. The molecule has 1 aliphatic rings. The van der Waals surface area contributed by atoms with Gasteiger partial charge in [0, 0.05) is 17.1 Å². The molecule has 0 bridgehead atoms. The third kappa shape index (κ3) is 6.02. The molecule has 172 valence electrons. The van der Waals surface area contributed by atoms with Gasteiger partial charge in [-0.25, -0.2) is 0 Å². The fraction of sp³-hybridized carbons (Fsp3) is 0.440. The molecule has 6 nitrogen and oxygen atoms in total. The molecule has 2 N–H and O–H groups in total. The average molecular weight is 458 g/mol. The number of methoxy groups -OCH3 is 1. The first-order valence-electron chi connectivity index (χ1n) is 11.1. The molecule has 32 heavy (non-hydrogen) atoms. The number of nitrogens with zero attached hydrogens (tertiary/aromatic N) is 1. The van der Waals surface area contributed by atoms with Gasteiger partial charge in [0.2, 0.25) is 5.91 Å². The molecule has 1 fully saturated rings. The fourth-order valence-corrected chi connectivity index (χ4v) is 4.31. The van der Waals surface area contributed by atoms with E-state index in [0.29, 0.717) is 22.9 Å². The van der Waals surface area contributed by atoms with Crippen molar-refractivity contribution in [1.29, 1.82) is 0 Å². The van der Waals surface area contributed by atoms with E-state index in [0.717, 1.165) is 31.5 Å². The zero-order chi connectivity index (χ0) is 23.1. The fourth-order valence-electron chi connectivity index (χ4n) is 4.04. The summed E-state index contributed by atoms with van der Waals surface area (Å²) in [4.78, 5) is 28.2. The Morgan fingerprint density at radius 1 is 1.06 bits per heavy atom. The molecule has 7 heteroatoms. The van der Waals surface area contributed by atoms with Gasteiger partial charge in [-0.3, -0.25) is 14.5 Å². The molecule has 0 radical (unpaired) electrons. The van der Waals surface area contributed by atoms with Crippen LogP contribution in [-0.2, 0) is 4.79 Å². The van der Waals surface area contributed by atoms with Crippen LogP contribution in [-0.4, -0.2) is 49.5 Å². The highest BCUT2D eigenvalue weighted by atomic mass is 35.5. The first-order valence-corrected chi connectivity index (χ1v) is 11.5. The third-order valence-electron chi connectivity index (χ3n) is 5.90. The Labute approximate surface area is 195 Å². The maximum Gasteiger partial charge on any atom is 0.251 e. The monoisotopic (exact) mass is 457 g/mol. The normalized spacial score (nSPS) is 15.9. The molecule has 3 rings (SSSR count). The maximum atomic E-state index is 13.1. The van der Waals surface area contributed by atoms with Crippen LogP contribution in [0.15, 0.2) is 48.5 Å². The second-order valence-corrected chi connectivity index (χ2v) is 8.86. The number of likely N-dealkylation sites (tertiary alicyclic amines) is 1. The minimum atomic E-state index is -0.643. The van der Waals surface area contributed by atoms with Gasteiger partial charge in [-0.05, 0) is 67.7 Å². The molecule has 1 aliphatic heterocycles. The molecule has 2 unspecified atom stereocenters. The molecule has 0 spiro atoms. The summed E-state index contributed by atoms with van der Waals surface area (Å²) in [5.74, 6) is 0.122. The lowest BCUT2D eigenvalue weighted by molar-refractivity contribution is -0.124. The smallest absolute Gasteiger partial charge is 0.251 e. The molecular formula is C25H32ClN3O3. The third-order valence-corrected chi connectivity index (χ3v) is 6.25. The van der Waals surface area contributed by atoms with Crippen molar-refractivity contribution in [2.75, 3.05) is 26.7 Å². The zero-order valence-corrected chi connectivity index (χ0v) is 19.7. The van der Waals surface area contributed by atoms with Gasteiger partial charge in [-0.2, -0.15) is 0 Å². The van der Waals surface area contributed by atoms with E-state index in [2.05, 4.69) is 15.5 Å². The Balaban J connectivity index is 1.68. The Morgan fingerprint density at radius 2 is 1.72 bits per heavy atom. The lowest BCUT2D eigenvalue weighted by atomic mass is 10.0. The summed E-state index contributed by atoms with van der Waals surface area (Å²) in [6.07, 6.45) is 2.28. The zero-order valence-electron chi connectivity index (χ0n) is 18.9. The highest BCUT2D eigenvalue weighted by Crippen LogP contribution is 2.29. The number of amides is 2. The Bertz CT molecular complexity index is 911. The van der Waals surface area contributed by atoms with Crippen molar-refractivity contribution in [3.63, 3.8) is 0 Å². The number of carbonyl (C=O) groups excluding carboxylic acids is 2. The first-order chi connectivity index (χ1) is 15.4. The van der Waals surface area contributed by atoms with Gasteiger partial charge in [0.05, 0.1) is 13.2 Å². The lowest BCUT2D eigenvalue weighted by Crippen LogP contribution is -2.51. The van der Waals surface area contributed by atoms with E-state index in [1.165, 1.54) is 0 Å². The SMILES string of the molecule is COc1ccc(C(=O)NC(C(=O)NCC(c2ccccc2Cl)N2CCCC2)C(C)C)cc1. The number of carbonyl (C=O) groups is 2. The number of ether oxygens (including phenoxy) is 1. The highest BCUT2D eigenvalue weighted by Gasteiger charge is 2.29. The van der Waals surface area contributed by atoms with Gasteiger partial charge < -0.3 is 15.4 Å². The number of nitrogens with one attached hydrogen (secondary N) is 2. The van der Waals surface area contributed by atoms with E-state index in [4.69, 9.17) is 16.3 Å². The molecule has 0 aliphatic carbocycles. The summed E-state index contributed by atoms with van der Waals surface area (Å²) >= 11 is 6.48. The number of hydrogen-bond donors (Lipinski definition) is 2. The van der Waals surface area contributed by atoms with E-state index in [9.17, 15) is 9.59 Å². The Kier molecular flexibility index (Phi) is 8.53. The highest BCUT2D eigenvalue weighted by molar-refractivity contribution is 6.31. The van der Waals surface area contributed by atoms with Crippen LogP contribution in [0.5, 0.6) is 5.75 Å². The van der Waals surface area contributed by atoms with Gasteiger partial charge in [-0.1, -0.05) is 43.6 Å². The Morgan fingerprint density at radius 3 is 2.31 bits per heavy atom. The molecule has 1 heterocycles. The maximum absolute atomic E-state index is 13.1. The second-order valence-electron chi connectivity index (χ2n) is 8.45. The molecule has 0 aromatic heterocycles. The first kappa shape index (κ1) is 24.1. The molecule has 1 saturated heterocycles. The number of halogens is 1. The van der Waals surface area contributed by atoms with Gasteiger partial charge in [0.1, 0.15) is 11.8 Å². The van der Waals surface area contributed by atoms with Crippen LogP contribution >= 0.6 is 11.6 Å². The molecule has 2 aromatic rings. The second kappa shape index (κ2) is 11.3. The number of rotatable bonds is 9. The summed E-state index contributed by atoms with van der Waals surface area (Å²) < 4.78 is 5.14. The topological polar surface area (TPSA) is 70.7 Å². The lowest BCUT2D eigenvalue weighted by Gasteiger charge is -2.30. The van der Waals surface area contributed by atoms with Crippen molar-refractivity contribution >= 4 is 23.4 Å². The molecule has 0 saturated carbocycles. The van der Waals surface area contributed by atoms with Crippen molar-refractivity contribution in [2.24, 2.45) is 5.92 Å². The van der Waals surface area contributed by atoms with E-state index >= 15 is 0 Å². The van der Waals surface area contributed by atoms with Crippen LogP contribution in [0.2, 0.25) is 5.02 Å². The summed E-state index contributed by atoms with van der Waals surface area (Å²) in [5.41, 5.74) is 1.50. The molecular weight excluding hydrogens is 426 g/mol. The summed E-state index contributed by atoms with van der Waals surface area (Å²) in [5, 5.41) is 6.65. The quantitative estimate of drug-likeness (QED) is 0.595. The molecule has 2 amide bonds. The van der Waals surface area contributed by atoms with Crippen molar-refractivity contribution in [2.45, 2.75) is 38.8 Å². The largest absolute Gasteiger partial charge is 0.497 e. The van der Waals surface area contributed by atoms with Crippen molar-refractivity contribution < 1.29 is 14.3 Å². The van der Waals surface area contributed by atoms with Crippen LogP contribution in [0, 0.1) is 5.92 Å². The standard InChI is InChI=1S/C25H32ClN3O3/c1-17(2)23(28-24(30)18-10-12-19(32-3)13-11-18)25(31)27-16-22(29-14-6-7-15-29)20-8-4-5-9-21(20)26/h4-5,8-13,17,22-23H,6-7,14-16H2,1-3H3,(H,27,31)(H,28,30). The summed E-state index contributed by atoms with van der Waals surface area (Å²) in [6, 6.07) is 14.0. The van der Waals surface area contributed by atoms with Crippen molar-refractivity contribution in [3.8, 4) is 5.75 Å².